The number of rotatable bonds is 8. The molecule has 0 fully saturated rings. The third kappa shape index (κ3) is 4.45. The van der Waals surface area contributed by atoms with Crippen molar-refractivity contribution in [1.82, 2.24) is 5.09 Å². The first-order chi connectivity index (χ1) is 7.89. The van der Waals surface area contributed by atoms with Crippen LogP contribution < -0.4 is 5.09 Å². The molecule has 0 saturated carbocycles. The fraction of sp³-hybridized carbons (Fsp3) is 0.929. The summed E-state index contributed by atoms with van der Waals surface area (Å²) in [5.41, 5.74) is 2.14. The molecule has 2 nitrogen and oxygen atoms in total. The van der Waals surface area contributed by atoms with Gasteiger partial charge in [0.05, 0.1) is 0 Å². The van der Waals surface area contributed by atoms with Gasteiger partial charge in [0.2, 0.25) is 0 Å². The van der Waals surface area contributed by atoms with Gasteiger partial charge in [0.25, 0.3) is 0 Å². The topological polar surface area (TPSA) is 24.4 Å². The van der Waals surface area contributed by atoms with E-state index in [2.05, 4.69) is 64.9 Å². The maximum absolute atomic E-state index is 4.53. The third-order valence-electron chi connectivity index (χ3n) is 3.90. The highest BCUT2D eigenvalue weighted by Crippen LogP contribution is 2.38. The first-order valence-corrected chi connectivity index (χ1v) is 9.41. The second-order valence-electron chi connectivity index (χ2n) is 5.96. The molecule has 0 saturated heterocycles. The number of nitrogens with one attached hydrogen (secondary N) is 1. The lowest BCUT2D eigenvalue weighted by molar-refractivity contribution is 0.746. The van der Waals surface area contributed by atoms with Crippen LogP contribution in [0.4, 0.5) is 0 Å². The van der Waals surface area contributed by atoms with E-state index < -0.39 is 8.24 Å². The van der Waals surface area contributed by atoms with Gasteiger partial charge >= 0.3 is 0 Å². The van der Waals surface area contributed by atoms with Crippen LogP contribution in [0.5, 0.6) is 0 Å². The van der Waals surface area contributed by atoms with Gasteiger partial charge in [0.15, 0.2) is 8.24 Å². The fourth-order valence-corrected chi connectivity index (χ4v) is 7.99. The Labute approximate surface area is 109 Å². The molecule has 0 atom stereocenters. The summed E-state index contributed by atoms with van der Waals surface area (Å²) >= 11 is 0. The molecule has 102 valence electrons. The second-order valence-corrected chi connectivity index (χ2v) is 11.5. The summed E-state index contributed by atoms with van der Waals surface area (Å²) in [6, 6.07) is 0. The molecule has 3 heteroatoms. The van der Waals surface area contributed by atoms with Gasteiger partial charge in [-0.1, -0.05) is 54.9 Å². The smallest absolute Gasteiger partial charge is 0.181 e. The zero-order valence-corrected chi connectivity index (χ0v) is 13.9. The molecule has 1 N–H and O–H groups in total. The zero-order valence-electron chi connectivity index (χ0n) is 12.9. The van der Waals surface area contributed by atoms with Crippen LogP contribution in [-0.2, 0) is 0 Å². The third-order valence-corrected chi connectivity index (χ3v) is 10.2. The van der Waals surface area contributed by atoms with Crippen molar-refractivity contribution in [3.05, 3.63) is 0 Å². The van der Waals surface area contributed by atoms with Gasteiger partial charge in [-0.15, -0.1) is 0 Å². The predicted octanol–water partition coefficient (Wildman–Crippen LogP) is 4.93. The lowest BCUT2D eigenvalue weighted by atomic mass is 10.3. The average Bonchev–Trinajstić information content (AvgIpc) is 2.21. The average molecular weight is 257 g/mol. The number of nitrogens with zero attached hydrogens (tertiary/aromatic N) is 1. The molecule has 0 aromatic heterocycles. The van der Waals surface area contributed by atoms with E-state index in [0.717, 1.165) is 6.42 Å². The zero-order chi connectivity index (χ0) is 13.5. The first kappa shape index (κ1) is 16.7. The van der Waals surface area contributed by atoms with Crippen molar-refractivity contribution in [1.29, 1.82) is 0 Å². The van der Waals surface area contributed by atoms with Crippen LogP contribution in [0.2, 0.25) is 16.6 Å². The van der Waals surface area contributed by atoms with E-state index in [4.69, 9.17) is 0 Å². The van der Waals surface area contributed by atoms with Crippen molar-refractivity contribution in [3.63, 3.8) is 0 Å². The Kier molecular flexibility index (Phi) is 7.76. The van der Waals surface area contributed by atoms with Crippen LogP contribution in [0, 0.1) is 0 Å². The summed E-state index contributed by atoms with van der Waals surface area (Å²) < 4.78 is 0. The summed E-state index contributed by atoms with van der Waals surface area (Å²) in [5.74, 6) is 0. The predicted molar refractivity (Wildman–Crippen MR) is 82.2 cm³/mol. The molecular weight excluding hydrogens is 224 g/mol. The van der Waals surface area contributed by atoms with Gasteiger partial charge in [-0.2, -0.15) is 0 Å². The van der Waals surface area contributed by atoms with Crippen LogP contribution in [0.25, 0.3) is 0 Å². The van der Waals surface area contributed by atoms with E-state index in [-0.39, 0.29) is 0 Å². The summed E-state index contributed by atoms with van der Waals surface area (Å²) in [4.78, 5) is 0. The molecule has 0 aliphatic rings. The first-order valence-electron chi connectivity index (χ1n) is 7.18. The minimum Gasteiger partial charge on any atom is -0.336 e. The molecule has 0 aliphatic heterocycles. The molecule has 0 radical (unpaired) electrons. The monoisotopic (exact) mass is 256 g/mol. The van der Waals surface area contributed by atoms with Crippen LogP contribution in [0.3, 0.4) is 0 Å². The van der Waals surface area contributed by atoms with Gasteiger partial charge in [-0.3, -0.25) is 0 Å². The Bertz CT molecular complexity index is 200. The van der Waals surface area contributed by atoms with Gasteiger partial charge in [-0.25, -0.2) is 5.10 Å². The van der Waals surface area contributed by atoms with E-state index in [1.807, 2.05) is 0 Å². The Morgan fingerprint density at radius 1 is 1.00 bits per heavy atom. The number of hydrogen-bond acceptors (Lipinski definition) is 2. The molecular formula is C14H32N2Si. The molecule has 0 unspecified atom stereocenters. The highest BCUT2D eigenvalue weighted by atomic mass is 28.3. The lowest BCUT2D eigenvalue weighted by Crippen LogP contribution is -2.55. The van der Waals surface area contributed by atoms with Crippen LogP contribution in [-0.4, -0.2) is 14.5 Å². The van der Waals surface area contributed by atoms with Crippen LogP contribution in [0.15, 0.2) is 5.10 Å². The molecule has 17 heavy (non-hydrogen) atoms. The van der Waals surface area contributed by atoms with E-state index in [1.165, 1.54) is 12.8 Å². The summed E-state index contributed by atoms with van der Waals surface area (Å²) in [7, 11) is -1.54. The van der Waals surface area contributed by atoms with E-state index in [9.17, 15) is 0 Å². The highest BCUT2D eigenvalue weighted by molar-refractivity contribution is 6.81. The molecule has 0 amide bonds. The standard InChI is InChI=1S/C14H32N2Si/c1-8-9-10-11-15-16-17(12(2)3,13(4)5)14(6)7/h11-14,16H,8-10H2,1-7H3/b15-11-. The molecule has 0 heterocycles. The quantitative estimate of drug-likeness (QED) is 0.283. The van der Waals surface area contributed by atoms with E-state index in [1.54, 1.807) is 0 Å². The van der Waals surface area contributed by atoms with E-state index >= 15 is 0 Å². The van der Waals surface area contributed by atoms with E-state index in [0.29, 0.717) is 16.6 Å². The summed E-state index contributed by atoms with van der Waals surface area (Å²) in [6.07, 6.45) is 5.65. The van der Waals surface area contributed by atoms with Crippen molar-refractivity contribution in [2.75, 3.05) is 0 Å². The summed E-state index contributed by atoms with van der Waals surface area (Å²) in [5, 5.41) is 8.13. The Morgan fingerprint density at radius 2 is 1.47 bits per heavy atom. The van der Waals surface area contributed by atoms with Crippen molar-refractivity contribution in [2.24, 2.45) is 5.10 Å². The molecule has 0 aliphatic carbocycles. The van der Waals surface area contributed by atoms with Gasteiger partial charge in [0, 0.05) is 6.21 Å². The fourth-order valence-electron chi connectivity index (χ4n) is 2.90. The van der Waals surface area contributed by atoms with Gasteiger partial charge < -0.3 is 5.09 Å². The lowest BCUT2D eigenvalue weighted by Gasteiger charge is -2.41. The van der Waals surface area contributed by atoms with Gasteiger partial charge in [0.1, 0.15) is 0 Å². The van der Waals surface area contributed by atoms with Crippen molar-refractivity contribution >= 4 is 14.5 Å². The largest absolute Gasteiger partial charge is 0.336 e. The molecule has 0 rings (SSSR count). The Balaban J connectivity index is 4.64. The minimum absolute atomic E-state index is 0.714. The number of unbranched alkanes of at least 4 members (excludes halogenated alkanes) is 2. The van der Waals surface area contributed by atoms with Gasteiger partial charge in [-0.05, 0) is 29.5 Å². The number of hydrogen-bond donors (Lipinski definition) is 1. The molecule has 0 aromatic carbocycles. The Morgan fingerprint density at radius 3 is 1.82 bits per heavy atom. The normalized spacial score (nSPS) is 13.3. The molecule has 0 bridgehead atoms. The summed E-state index contributed by atoms with van der Waals surface area (Å²) in [6.45, 7) is 16.3. The number of hydrazone groups is 1. The molecule has 0 spiro atoms. The van der Waals surface area contributed by atoms with Crippen molar-refractivity contribution < 1.29 is 0 Å². The van der Waals surface area contributed by atoms with Crippen molar-refractivity contribution in [3.8, 4) is 0 Å². The van der Waals surface area contributed by atoms with Crippen LogP contribution in [0.1, 0.15) is 67.7 Å². The molecule has 0 aromatic rings. The Hall–Kier alpha value is -0.313. The minimum atomic E-state index is -1.54. The highest BCUT2D eigenvalue weighted by Gasteiger charge is 2.43. The second kappa shape index (κ2) is 7.91. The maximum atomic E-state index is 4.53. The van der Waals surface area contributed by atoms with Crippen LogP contribution >= 0.6 is 0 Å². The SMILES string of the molecule is CCCC/C=N\N[Si](C(C)C)(C(C)C)C(C)C. The van der Waals surface area contributed by atoms with Crippen molar-refractivity contribution in [2.45, 2.75) is 84.4 Å². The maximum Gasteiger partial charge on any atom is 0.181 e.